The van der Waals surface area contributed by atoms with E-state index in [4.69, 9.17) is 4.74 Å². The molecule has 94 valence electrons. The first-order valence-corrected chi connectivity index (χ1v) is 5.60. The summed E-state index contributed by atoms with van der Waals surface area (Å²) in [5.41, 5.74) is 1.43. The number of rotatable bonds is 4. The topological polar surface area (TPSA) is 42.4 Å². The first kappa shape index (κ1) is 12.5. The molecular weight excluding hydrogens is 233 g/mol. The molecule has 0 spiro atoms. The van der Waals surface area contributed by atoms with Gasteiger partial charge in [0.2, 0.25) is 0 Å². The summed E-state index contributed by atoms with van der Waals surface area (Å²) in [6, 6.07) is 8.68. The summed E-state index contributed by atoms with van der Waals surface area (Å²) in [5, 5.41) is 9.99. The van der Waals surface area contributed by atoms with E-state index in [0.717, 1.165) is 17.5 Å². The van der Waals surface area contributed by atoms with Gasteiger partial charge in [-0.15, -0.1) is 0 Å². The smallest absolute Gasteiger partial charge is 0.141 e. The van der Waals surface area contributed by atoms with E-state index in [2.05, 4.69) is 4.98 Å². The lowest BCUT2D eigenvalue weighted by molar-refractivity contribution is 0.177. The molecule has 0 radical (unpaired) electrons. The van der Waals surface area contributed by atoms with Gasteiger partial charge < -0.3 is 9.84 Å². The van der Waals surface area contributed by atoms with Crippen molar-refractivity contribution in [3.05, 3.63) is 59.7 Å². The van der Waals surface area contributed by atoms with Gasteiger partial charge in [0.05, 0.1) is 19.4 Å². The number of ether oxygens (including phenoxy) is 1. The Morgan fingerprint density at radius 2 is 2.00 bits per heavy atom. The summed E-state index contributed by atoms with van der Waals surface area (Å²) in [5.74, 6) is 0.321. The van der Waals surface area contributed by atoms with E-state index in [-0.39, 0.29) is 0 Å². The van der Waals surface area contributed by atoms with Crippen molar-refractivity contribution >= 4 is 0 Å². The van der Waals surface area contributed by atoms with Crippen LogP contribution in [0.1, 0.15) is 17.2 Å². The van der Waals surface area contributed by atoms with Crippen molar-refractivity contribution < 1.29 is 14.2 Å². The number of nitrogens with zero attached hydrogens (tertiary/aromatic N) is 1. The SMILES string of the molecule is COc1ccc(CC(O)c2cncc(F)c2)cc1. The molecule has 18 heavy (non-hydrogen) atoms. The Morgan fingerprint density at radius 3 is 2.61 bits per heavy atom. The molecule has 0 bridgehead atoms. The maximum atomic E-state index is 13.0. The molecule has 1 heterocycles. The molecule has 1 atom stereocenters. The van der Waals surface area contributed by atoms with E-state index in [1.807, 2.05) is 24.3 Å². The minimum Gasteiger partial charge on any atom is -0.497 e. The first-order valence-electron chi connectivity index (χ1n) is 5.60. The molecule has 0 aliphatic rings. The number of aromatic nitrogens is 1. The van der Waals surface area contributed by atoms with Gasteiger partial charge in [-0.2, -0.15) is 0 Å². The van der Waals surface area contributed by atoms with E-state index < -0.39 is 11.9 Å². The monoisotopic (exact) mass is 247 g/mol. The second-order valence-corrected chi connectivity index (χ2v) is 4.00. The van der Waals surface area contributed by atoms with E-state index in [1.54, 1.807) is 7.11 Å². The molecule has 1 aromatic heterocycles. The number of aliphatic hydroxyl groups is 1. The molecule has 0 amide bonds. The van der Waals surface area contributed by atoms with Crippen molar-refractivity contribution in [1.82, 2.24) is 4.98 Å². The summed E-state index contributed by atoms with van der Waals surface area (Å²) in [7, 11) is 1.60. The van der Waals surface area contributed by atoms with Crippen LogP contribution in [0.15, 0.2) is 42.7 Å². The highest BCUT2D eigenvalue weighted by Crippen LogP contribution is 2.20. The minimum atomic E-state index is -0.762. The quantitative estimate of drug-likeness (QED) is 0.902. The third-order valence-electron chi connectivity index (χ3n) is 2.70. The van der Waals surface area contributed by atoms with Crippen molar-refractivity contribution in [2.75, 3.05) is 7.11 Å². The molecule has 1 aromatic carbocycles. The summed E-state index contributed by atoms with van der Waals surface area (Å²) >= 11 is 0. The van der Waals surface area contributed by atoms with E-state index in [0.29, 0.717) is 12.0 Å². The zero-order chi connectivity index (χ0) is 13.0. The molecule has 0 saturated heterocycles. The van der Waals surface area contributed by atoms with Crippen molar-refractivity contribution in [2.24, 2.45) is 0 Å². The fraction of sp³-hybridized carbons (Fsp3) is 0.214. The molecule has 0 aliphatic heterocycles. The lowest BCUT2D eigenvalue weighted by Gasteiger charge is -2.11. The maximum absolute atomic E-state index is 13.0. The lowest BCUT2D eigenvalue weighted by atomic mass is 10.0. The number of aliphatic hydroxyl groups excluding tert-OH is 1. The Morgan fingerprint density at radius 1 is 1.28 bits per heavy atom. The van der Waals surface area contributed by atoms with Crippen molar-refractivity contribution in [1.29, 1.82) is 0 Å². The predicted octanol–water partition coefficient (Wildman–Crippen LogP) is 2.51. The number of hydrogen-bond donors (Lipinski definition) is 1. The van der Waals surface area contributed by atoms with Gasteiger partial charge in [0.15, 0.2) is 0 Å². The van der Waals surface area contributed by atoms with Gasteiger partial charge >= 0.3 is 0 Å². The number of methoxy groups -OCH3 is 1. The van der Waals surface area contributed by atoms with Crippen molar-refractivity contribution in [3.63, 3.8) is 0 Å². The first-order chi connectivity index (χ1) is 8.69. The highest BCUT2D eigenvalue weighted by molar-refractivity contribution is 5.28. The molecule has 2 aromatic rings. The molecule has 3 nitrogen and oxygen atoms in total. The van der Waals surface area contributed by atoms with Crippen LogP contribution >= 0.6 is 0 Å². The highest BCUT2D eigenvalue weighted by atomic mass is 19.1. The van der Waals surface area contributed by atoms with Crippen LogP contribution in [-0.4, -0.2) is 17.2 Å². The van der Waals surface area contributed by atoms with Gasteiger partial charge in [0.25, 0.3) is 0 Å². The van der Waals surface area contributed by atoms with E-state index in [9.17, 15) is 9.50 Å². The molecule has 1 N–H and O–H groups in total. The minimum absolute atomic E-state index is 0.412. The largest absolute Gasteiger partial charge is 0.497 e. The Kier molecular flexibility index (Phi) is 3.89. The summed E-state index contributed by atoms with van der Waals surface area (Å²) in [4.78, 5) is 3.72. The van der Waals surface area contributed by atoms with Crippen LogP contribution < -0.4 is 4.74 Å². The summed E-state index contributed by atoms with van der Waals surface area (Å²) in [6.45, 7) is 0. The summed E-state index contributed by atoms with van der Waals surface area (Å²) in [6.07, 6.45) is 2.23. The number of benzene rings is 1. The molecule has 0 saturated carbocycles. The van der Waals surface area contributed by atoms with Crippen LogP contribution in [0.25, 0.3) is 0 Å². The Hall–Kier alpha value is -1.94. The fourth-order valence-corrected chi connectivity index (χ4v) is 1.71. The lowest BCUT2D eigenvalue weighted by Crippen LogP contribution is -2.03. The number of hydrogen-bond acceptors (Lipinski definition) is 3. The second kappa shape index (κ2) is 5.60. The zero-order valence-electron chi connectivity index (χ0n) is 10.0. The number of halogens is 1. The normalized spacial score (nSPS) is 12.2. The Balaban J connectivity index is 2.08. The molecule has 0 fully saturated rings. The molecular formula is C14H14FNO2. The fourth-order valence-electron chi connectivity index (χ4n) is 1.71. The highest BCUT2D eigenvalue weighted by Gasteiger charge is 2.10. The zero-order valence-corrected chi connectivity index (χ0v) is 10.0. The standard InChI is InChI=1S/C14H14FNO2/c1-18-13-4-2-10(3-5-13)6-14(17)11-7-12(15)9-16-8-11/h2-5,7-9,14,17H,6H2,1H3. The van der Waals surface area contributed by atoms with Crippen LogP contribution in [-0.2, 0) is 6.42 Å². The molecule has 2 rings (SSSR count). The average Bonchev–Trinajstić information content (AvgIpc) is 2.39. The van der Waals surface area contributed by atoms with Crippen LogP contribution in [0.2, 0.25) is 0 Å². The van der Waals surface area contributed by atoms with Crippen LogP contribution in [0, 0.1) is 5.82 Å². The number of pyridine rings is 1. The third-order valence-corrected chi connectivity index (χ3v) is 2.70. The van der Waals surface area contributed by atoms with Gasteiger partial charge in [-0.1, -0.05) is 12.1 Å². The van der Waals surface area contributed by atoms with Crippen LogP contribution in [0.5, 0.6) is 5.75 Å². The third kappa shape index (κ3) is 3.05. The average molecular weight is 247 g/mol. The van der Waals surface area contributed by atoms with Crippen molar-refractivity contribution in [2.45, 2.75) is 12.5 Å². The van der Waals surface area contributed by atoms with Crippen LogP contribution in [0.4, 0.5) is 4.39 Å². The molecule has 0 aliphatic carbocycles. The van der Waals surface area contributed by atoms with Gasteiger partial charge in [-0.25, -0.2) is 4.39 Å². The maximum Gasteiger partial charge on any atom is 0.141 e. The van der Waals surface area contributed by atoms with Gasteiger partial charge in [-0.3, -0.25) is 4.98 Å². The van der Waals surface area contributed by atoms with E-state index >= 15 is 0 Å². The van der Waals surface area contributed by atoms with Gasteiger partial charge in [0.1, 0.15) is 11.6 Å². The molecule has 1 unspecified atom stereocenters. The molecule has 4 heteroatoms. The van der Waals surface area contributed by atoms with E-state index in [1.165, 1.54) is 12.3 Å². The van der Waals surface area contributed by atoms with Crippen molar-refractivity contribution in [3.8, 4) is 5.75 Å². The van der Waals surface area contributed by atoms with Gasteiger partial charge in [0, 0.05) is 18.2 Å². The van der Waals surface area contributed by atoms with Gasteiger partial charge in [-0.05, 0) is 23.8 Å². The van der Waals surface area contributed by atoms with Crippen LogP contribution in [0.3, 0.4) is 0 Å². The second-order valence-electron chi connectivity index (χ2n) is 4.00. The summed E-state index contributed by atoms with van der Waals surface area (Å²) < 4.78 is 18.0. The Labute approximate surface area is 105 Å². The predicted molar refractivity (Wildman–Crippen MR) is 65.9 cm³/mol. The Bertz CT molecular complexity index is 513.